The standard InChI is InChI=1S/C22H23F3N4/c1-4-6-16-9-11-17(12-10-16)27-20-19(22(23,24)25)14-26-21(28-20)29(3)18-8-5-7-15(2)13-18/h5,7-14H,4,6H2,1-3H3,(H,26,27,28). The number of rotatable bonds is 6. The zero-order chi connectivity index (χ0) is 21.0. The Morgan fingerprint density at radius 2 is 1.79 bits per heavy atom. The average molecular weight is 400 g/mol. The predicted molar refractivity (Wildman–Crippen MR) is 110 cm³/mol. The molecule has 4 nitrogen and oxygen atoms in total. The Kier molecular flexibility index (Phi) is 6.06. The zero-order valence-corrected chi connectivity index (χ0v) is 16.6. The molecule has 0 saturated carbocycles. The van der Waals surface area contributed by atoms with Crippen LogP contribution in [0.3, 0.4) is 0 Å². The van der Waals surface area contributed by atoms with Gasteiger partial charge in [0.05, 0.1) is 0 Å². The Labute approximate surface area is 168 Å². The second-order valence-electron chi connectivity index (χ2n) is 6.90. The summed E-state index contributed by atoms with van der Waals surface area (Å²) in [6, 6.07) is 14.9. The number of anilines is 4. The van der Waals surface area contributed by atoms with Crippen LogP contribution < -0.4 is 10.2 Å². The maximum atomic E-state index is 13.5. The van der Waals surface area contributed by atoms with Crippen LogP contribution in [0.25, 0.3) is 0 Å². The molecular formula is C22H23F3N4. The van der Waals surface area contributed by atoms with Crippen molar-refractivity contribution in [2.75, 3.05) is 17.3 Å². The lowest BCUT2D eigenvalue weighted by atomic mass is 10.1. The van der Waals surface area contributed by atoms with Crippen molar-refractivity contribution in [1.29, 1.82) is 0 Å². The number of alkyl halides is 3. The van der Waals surface area contributed by atoms with Gasteiger partial charge in [0, 0.05) is 24.6 Å². The predicted octanol–water partition coefficient (Wildman–Crippen LogP) is 6.27. The SMILES string of the molecule is CCCc1ccc(Nc2nc(N(C)c3cccc(C)c3)ncc2C(F)(F)F)cc1. The summed E-state index contributed by atoms with van der Waals surface area (Å²) in [4.78, 5) is 9.78. The molecule has 0 spiro atoms. The molecular weight excluding hydrogens is 377 g/mol. The van der Waals surface area contributed by atoms with Gasteiger partial charge in [-0.25, -0.2) is 4.98 Å². The molecule has 3 aromatic rings. The van der Waals surface area contributed by atoms with Crippen molar-refractivity contribution in [3.05, 3.63) is 71.4 Å². The minimum Gasteiger partial charge on any atom is -0.340 e. The minimum absolute atomic E-state index is 0.175. The quantitative estimate of drug-likeness (QED) is 0.530. The Hall–Kier alpha value is -3.09. The molecule has 0 bridgehead atoms. The number of aryl methyl sites for hydroxylation is 2. The molecule has 0 fully saturated rings. The highest BCUT2D eigenvalue weighted by Crippen LogP contribution is 2.36. The number of aromatic nitrogens is 2. The maximum absolute atomic E-state index is 13.5. The molecule has 1 aromatic heterocycles. The van der Waals surface area contributed by atoms with Gasteiger partial charge in [0.25, 0.3) is 0 Å². The summed E-state index contributed by atoms with van der Waals surface area (Å²) < 4.78 is 40.5. The van der Waals surface area contributed by atoms with E-state index >= 15 is 0 Å². The molecule has 0 radical (unpaired) electrons. The summed E-state index contributed by atoms with van der Waals surface area (Å²) >= 11 is 0. The zero-order valence-electron chi connectivity index (χ0n) is 16.6. The van der Waals surface area contributed by atoms with Gasteiger partial charge in [-0.15, -0.1) is 0 Å². The Balaban J connectivity index is 1.95. The molecule has 0 atom stereocenters. The first-order valence-electron chi connectivity index (χ1n) is 9.38. The number of hydrogen-bond acceptors (Lipinski definition) is 4. The van der Waals surface area contributed by atoms with Crippen LogP contribution in [0.5, 0.6) is 0 Å². The number of nitrogens with one attached hydrogen (secondary N) is 1. The Morgan fingerprint density at radius 3 is 2.41 bits per heavy atom. The summed E-state index contributed by atoms with van der Waals surface area (Å²) in [7, 11) is 1.72. The van der Waals surface area contributed by atoms with E-state index in [0.29, 0.717) is 5.69 Å². The molecule has 152 valence electrons. The van der Waals surface area contributed by atoms with Crippen molar-refractivity contribution in [2.45, 2.75) is 32.9 Å². The molecule has 29 heavy (non-hydrogen) atoms. The lowest BCUT2D eigenvalue weighted by molar-refractivity contribution is -0.137. The molecule has 0 amide bonds. The fourth-order valence-corrected chi connectivity index (χ4v) is 2.97. The second kappa shape index (κ2) is 8.51. The summed E-state index contributed by atoms with van der Waals surface area (Å²) in [6.07, 6.45) is -1.81. The molecule has 1 N–H and O–H groups in total. The van der Waals surface area contributed by atoms with Crippen LogP contribution in [-0.4, -0.2) is 17.0 Å². The van der Waals surface area contributed by atoms with Crippen molar-refractivity contribution in [3.8, 4) is 0 Å². The highest BCUT2D eigenvalue weighted by atomic mass is 19.4. The molecule has 0 aliphatic rings. The summed E-state index contributed by atoms with van der Waals surface area (Å²) in [5, 5.41) is 2.81. The normalized spacial score (nSPS) is 11.4. The first-order valence-corrected chi connectivity index (χ1v) is 9.38. The smallest absolute Gasteiger partial charge is 0.340 e. The number of hydrogen-bond donors (Lipinski definition) is 1. The van der Waals surface area contributed by atoms with Gasteiger partial charge in [-0.3, -0.25) is 0 Å². The van der Waals surface area contributed by atoms with E-state index in [-0.39, 0.29) is 11.8 Å². The number of nitrogens with zero attached hydrogens (tertiary/aromatic N) is 3. The molecule has 2 aromatic carbocycles. The minimum atomic E-state index is -4.56. The fourth-order valence-electron chi connectivity index (χ4n) is 2.97. The molecule has 3 rings (SSSR count). The van der Waals surface area contributed by atoms with Gasteiger partial charge in [-0.1, -0.05) is 37.6 Å². The summed E-state index contributed by atoms with van der Waals surface area (Å²) in [5.41, 5.74) is 2.60. The third-order valence-corrected chi connectivity index (χ3v) is 4.53. The van der Waals surface area contributed by atoms with E-state index in [1.807, 2.05) is 43.3 Å². The fraction of sp³-hybridized carbons (Fsp3) is 0.273. The molecule has 0 aliphatic heterocycles. The Bertz CT molecular complexity index is 969. The maximum Gasteiger partial charge on any atom is 0.421 e. The molecule has 0 unspecified atom stereocenters. The highest BCUT2D eigenvalue weighted by molar-refractivity contribution is 5.64. The van der Waals surface area contributed by atoms with E-state index in [2.05, 4.69) is 22.2 Å². The summed E-state index contributed by atoms with van der Waals surface area (Å²) in [6.45, 7) is 4.02. The molecule has 7 heteroatoms. The third-order valence-electron chi connectivity index (χ3n) is 4.53. The van der Waals surface area contributed by atoms with Gasteiger partial charge < -0.3 is 10.2 Å². The van der Waals surface area contributed by atoms with Crippen molar-refractivity contribution in [2.24, 2.45) is 0 Å². The lowest BCUT2D eigenvalue weighted by Crippen LogP contribution is -2.17. The van der Waals surface area contributed by atoms with Crippen molar-refractivity contribution < 1.29 is 13.2 Å². The van der Waals surface area contributed by atoms with Gasteiger partial charge in [0.2, 0.25) is 5.95 Å². The van der Waals surface area contributed by atoms with Crippen molar-refractivity contribution in [1.82, 2.24) is 9.97 Å². The van der Waals surface area contributed by atoms with E-state index in [1.54, 1.807) is 24.1 Å². The molecule has 1 heterocycles. The van der Waals surface area contributed by atoms with Crippen molar-refractivity contribution in [3.63, 3.8) is 0 Å². The highest BCUT2D eigenvalue weighted by Gasteiger charge is 2.35. The average Bonchev–Trinajstić information content (AvgIpc) is 2.68. The first-order chi connectivity index (χ1) is 13.8. The first kappa shape index (κ1) is 20.6. The van der Waals surface area contributed by atoms with Crippen LogP contribution in [0.1, 0.15) is 30.0 Å². The van der Waals surface area contributed by atoms with Crippen molar-refractivity contribution >= 4 is 23.1 Å². The van der Waals surface area contributed by atoms with Crippen LogP contribution >= 0.6 is 0 Å². The van der Waals surface area contributed by atoms with Crippen LogP contribution in [-0.2, 0) is 12.6 Å². The monoisotopic (exact) mass is 400 g/mol. The van der Waals surface area contributed by atoms with Crippen LogP contribution in [0.2, 0.25) is 0 Å². The topological polar surface area (TPSA) is 41.1 Å². The van der Waals surface area contributed by atoms with E-state index in [0.717, 1.165) is 35.9 Å². The largest absolute Gasteiger partial charge is 0.421 e. The molecule has 0 aliphatic carbocycles. The number of benzene rings is 2. The van der Waals surface area contributed by atoms with Gasteiger partial charge in [0.1, 0.15) is 11.4 Å². The van der Waals surface area contributed by atoms with Crippen LogP contribution in [0.4, 0.5) is 36.3 Å². The van der Waals surface area contributed by atoms with Gasteiger partial charge in [-0.05, 0) is 48.7 Å². The second-order valence-corrected chi connectivity index (χ2v) is 6.90. The van der Waals surface area contributed by atoms with E-state index in [4.69, 9.17) is 0 Å². The van der Waals surface area contributed by atoms with E-state index < -0.39 is 11.7 Å². The third kappa shape index (κ3) is 5.04. The van der Waals surface area contributed by atoms with E-state index in [1.165, 1.54) is 0 Å². The molecule has 0 saturated heterocycles. The van der Waals surface area contributed by atoms with Gasteiger partial charge >= 0.3 is 6.18 Å². The van der Waals surface area contributed by atoms with Crippen LogP contribution in [0.15, 0.2) is 54.7 Å². The Morgan fingerprint density at radius 1 is 1.07 bits per heavy atom. The summed E-state index contributed by atoms with van der Waals surface area (Å²) in [5.74, 6) is -0.0982. The van der Waals surface area contributed by atoms with E-state index in [9.17, 15) is 13.2 Å². The number of halogens is 3. The van der Waals surface area contributed by atoms with Gasteiger partial charge in [0.15, 0.2) is 0 Å². The lowest BCUT2D eigenvalue weighted by Gasteiger charge is -2.20. The van der Waals surface area contributed by atoms with Gasteiger partial charge in [-0.2, -0.15) is 18.2 Å². The van der Waals surface area contributed by atoms with Crippen LogP contribution in [0, 0.1) is 6.92 Å².